The molecule has 32 heavy (non-hydrogen) atoms. The second-order valence-electron chi connectivity index (χ2n) is 10.6. The number of carbonyl (C=O) groups excluding carboxylic acids is 1. The first-order valence-corrected chi connectivity index (χ1v) is 13.2. The summed E-state index contributed by atoms with van der Waals surface area (Å²) in [5.41, 5.74) is 3.09. The molecule has 0 aromatic heterocycles. The third kappa shape index (κ3) is 5.55. The molecule has 0 unspecified atom stereocenters. The summed E-state index contributed by atoms with van der Waals surface area (Å²) in [6.45, 7) is 7.71. The average Bonchev–Trinajstić information content (AvgIpc) is 3.49. The molecule has 0 radical (unpaired) electrons. The molecule has 1 aromatic rings. The number of benzene rings is 1. The fourth-order valence-corrected chi connectivity index (χ4v) is 6.33. The Bertz CT molecular complexity index is 724. The Labute approximate surface area is 194 Å². The predicted molar refractivity (Wildman–Crippen MR) is 128 cm³/mol. The standard InChI is InChI=1S/C27H41N3O2/c31-27(21-28-12-4-1-5-13-28)30(20-26-9-6-16-32-26)19-22-10-14-29(15-11-22)25-17-23-7-2-3-8-24(23)18-25/h2-3,7-8,22,25-26H,1,4-6,9-21H2/t26-/m1/s1. The van der Waals surface area contributed by atoms with Gasteiger partial charge < -0.3 is 9.64 Å². The minimum Gasteiger partial charge on any atom is -0.376 e. The molecular weight excluding hydrogens is 398 g/mol. The van der Waals surface area contributed by atoms with Crippen LogP contribution in [-0.4, -0.2) is 85.2 Å². The first-order valence-electron chi connectivity index (χ1n) is 13.2. The number of rotatable bonds is 7. The highest BCUT2D eigenvalue weighted by atomic mass is 16.5. The molecule has 5 nitrogen and oxygen atoms in total. The molecule has 3 heterocycles. The van der Waals surface area contributed by atoms with Crippen LogP contribution in [0.15, 0.2) is 24.3 Å². The van der Waals surface area contributed by atoms with E-state index >= 15 is 0 Å². The van der Waals surface area contributed by atoms with E-state index in [-0.39, 0.29) is 6.10 Å². The van der Waals surface area contributed by atoms with E-state index in [9.17, 15) is 4.79 Å². The number of piperidine rings is 2. The molecule has 1 aromatic carbocycles. The summed E-state index contributed by atoms with van der Waals surface area (Å²) in [5.74, 6) is 0.956. The zero-order valence-corrected chi connectivity index (χ0v) is 19.7. The number of ether oxygens (including phenoxy) is 1. The van der Waals surface area contributed by atoms with E-state index in [1.54, 1.807) is 11.1 Å². The van der Waals surface area contributed by atoms with Gasteiger partial charge in [0.05, 0.1) is 12.6 Å². The van der Waals surface area contributed by atoms with Crippen molar-refractivity contribution in [2.24, 2.45) is 5.92 Å². The fourth-order valence-electron chi connectivity index (χ4n) is 6.33. The lowest BCUT2D eigenvalue weighted by atomic mass is 9.94. The van der Waals surface area contributed by atoms with Gasteiger partial charge in [0.2, 0.25) is 5.91 Å². The maximum absolute atomic E-state index is 13.3. The maximum atomic E-state index is 13.3. The smallest absolute Gasteiger partial charge is 0.236 e. The SMILES string of the molecule is O=C(CN1CCCCC1)N(CC1CCN(C2Cc3ccccc3C2)CC1)C[C@H]1CCCO1. The van der Waals surface area contributed by atoms with Crippen LogP contribution in [0.3, 0.4) is 0 Å². The van der Waals surface area contributed by atoms with Gasteiger partial charge in [-0.2, -0.15) is 0 Å². The summed E-state index contributed by atoms with van der Waals surface area (Å²) < 4.78 is 5.91. The minimum atomic E-state index is 0.248. The Morgan fingerprint density at radius 2 is 1.62 bits per heavy atom. The van der Waals surface area contributed by atoms with Crippen LogP contribution in [0.1, 0.15) is 56.1 Å². The van der Waals surface area contributed by atoms with Gasteiger partial charge in [-0.25, -0.2) is 0 Å². The van der Waals surface area contributed by atoms with E-state index in [0.717, 1.165) is 45.6 Å². The zero-order valence-electron chi connectivity index (χ0n) is 19.7. The van der Waals surface area contributed by atoms with Crippen molar-refractivity contribution in [3.05, 3.63) is 35.4 Å². The maximum Gasteiger partial charge on any atom is 0.236 e. The topological polar surface area (TPSA) is 36.0 Å². The fraction of sp³-hybridized carbons (Fsp3) is 0.741. The number of nitrogens with zero attached hydrogens (tertiary/aromatic N) is 3. The third-order valence-electron chi connectivity index (χ3n) is 8.28. The van der Waals surface area contributed by atoms with Gasteiger partial charge in [0.15, 0.2) is 0 Å². The van der Waals surface area contributed by atoms with Gasteiger partial charge in [0.25, 0.3) is 0 Å². The Morgan fingerprint density at radius 1 is 0.906 bits per heavy atom. The molecule has 176 valence electrons. The van der Waals surface area contributed by atoms with Crippen molar-refractivity contribution in [3.63, 3.8) is 0 Å². The molecular formula is C27H41N3O2. The average molecular weight is 440 g/mol. The second kappa shape index (κ2) is 10.7. The van der Waals surface area contributed by atoms with Gasteiger partial charge in [-0.15, -0.1) is 0 Å². The van der Waals surface area contributed by atoms with Gasteiger partial charge in [-0.05, 0) is 94.6 Å². The number of fused-ring (bicyclic) bond motifs is 1. The first kappa shape index (κ1) is 22.4. The van der Waals surface area contributed by atoms with Crippen LogP contribution in [-0.2, 0) is 22.4 Å². The highest BCUT2D eigenvalue weighted by Crippen LogP contribution is 2.29. The summed E-state index contributed by atoms with van der Waals surface area (Å²) in [6.07, 6.45) is 11.1. The molecule has 1 atom stereocenters. The molecule has 3 fully saturated rings. The van der Waals surface area contributed by atoms with E-state index in [2.05, 4.69) is 39.0 Å². The lowest BCUT2D eigenvalue weighted by molar-refractivity contribution is -0.135. The normalized spacial score (nSPS) is 25.8. The molecule has 1 amide bonds. The second-order valence-corrected chi connectivity index (χ2v) is 10.6. The van der Waals surface area contributed by atoms with Crippen LogP contribution in [0, 0.1) is 5.92 Å². The Hall–Kier alpha value is -1.43. The Kier molecular flexibility index (Phi) is 7.46. The first-order chi connectivity index (χ1) is 15.7. The number of hydrogen-bond donors (Lipinski definition) is 0. The van der Waals surface area contributed by atoms with Crippen LogP contribution in [0.2, 0.25) is 0 Å². The van der Waals surface area contributed by atoms with Crippen molar-refractivity contribution in [1.82, 2.24) is 14.7 Å². The molecule has 3 aliphatic heterocycles. The van der Waals surface area contributed by atoms with E-state index in [0.29, 0.717) is 24.4 Å². The van der Waals surface area contributed by atoms with Gasteiger partial charge >= 0.3 is 0 Å². The van der Waals surface area contributed by atoms with Gasteiger partial charge in [-0.1, -0.05) is 30.7 Å². The number of carbonyl (C=O) groups is 1. The largest absolute Gasteiger partial charge is 0.376 e. The molecule has 0 spiro atoms. The highest BCUT2D eigenvalue weighted by Gasteiger charge is 2.32. The molecule has 1 aliphatic carbocycles. The predicted octanol–water partition coefficient (Wildman–Crippen LogP) is 3.36. The summed E-state index contributed by atoms with van der Waals surface area (Å²) in [4.78, 5) is 20.6. The van der Waals surface area contributed by atoms with E-state index in [4.69, 9.17) is 4.74 Å². The monoisotopic (exact) mass is 439 g/mol. The summed E-state index contributed by atoms with van der Waals surface area (Å²) >= 11 is 0. The number of likely N-dealkylation sites (tertiary alicyclic amines) is 2. The lowest BCUT2D eigenvalue weighted by Crippen LogP contribution is -2.48. The van der Waals surface area contributed by atoms with Crippen LogP contribution in [0.4, 0.5) is 0 Å². The van der Waals surface area contributed by atoms with E-state index in [1.807, 2.05) is 0 Å². The quantitative estimate of drug-likeness (QED) is 0.653. The van der Waals surface area contributed by atoms with Crippen molar-refractivity contribution >= 4 is 5.91 Å². The summed E-state index contributed by atoms with van der Waals surface area (Å²) in [6, 6.07) is 9.64. The van der Waals surface area contributed by atoms with Crippen molar-refractivity contribution in [2.45, 2.75) is 69.9 Å². The van der Waals surface area contributed by atoms with Crippen LogP contribution in [0.25, 0.3) is 0 Å². The molecule has 4 aliphatic rings. The molecule has 0 N–H and O–H groups in total. The van der Waals surface area contributed by atoms with E-state index in [1.165, 1.54) is 58.0 Å². The number of hydrogen-bond acceptors (Lipinski definition) is 4. The van der Waals surface area contributed by atoms with Gasteiger partial charge in [0, 0.05) is 25.7 Å². The Morgan fingerprint density at radius 3 is 2.28 bits per heavy atom. The van der Waals surface area contributed by atoms with Crippen molar-refractivity contribution in [3.8, 4) is 0 Å². The van der Waals surface area contributed by atoms with Crippen molar-refractivity contribution in [2.75, 3.05) is 52.4 Å². The highest BCUT2D eigenvalue weighted by molar-refractivity contribution is 5.78. The van der Waals surface area contributed by atoms with Crippen molar-refractivity contribution in [1.29, 1.82) is 0 Å². The summed E-state index contributed by atoms with van der Waals surface area (Å²) in [7, 11) is 0. The number of amides is 1. The molecule has 0 saturated carbocycles. The molecule has 5 heteroatoms. The third-order valence-corrected chi connectivity index (χ3v) is 8.28. The zero-order chi connectivity index (χ0) is 21.8. The van der Waals surface area contributed by atoms with Gasteiger partial charge in [0.1, 0.15) is 0 Å². The van der Waals surface area contributed by atoms with Crippen LogP contribution >= 0.6 is 0 Å². The minimum absolute atomic E-state index is 0.248. The summed E-state index contributed by atoms with van der Waals surface area (Å²) in [5, 5.41) is 0. The Balaban J connectivity index is 1.13. The van der Waals surface area contributed by atoms with Gasteiger partial charge in [-0.3, -0.25) is 14.6 Å². The van der Waals surface area contributed by atoms with Crippen molar-refractivity contribution < 1.29 is 9.53 Å². The van der Waals surface area contributed by atoms with E-state index < -0.39 is 0 Å². The molecule has 0 bridgehead atoms. The van der Waals surface area contributed by atoms with Crippen LogP contribution in [0.5, 0.6) is 0 Å². The molecule has 5 rings (SSSR count). The van der Waals surface area contributed by atoms with Crippen LogP contribution < -0.4 is 0 Å². The molecule has 3 saturated heterocycles. The lowest BCUT2D eigenvalue weighted by Gasteiger charge is -2.38.